The van der Waals surface area contributed by atoms with Gasteiger partial charge in [-0.1, -0.05) is 41.0 Å². The lowest BCUT2D eigenvalue weighted by Gasteiger charge is -2.05. The monoisotopic (exact) mass is 296 g/mol. The van der Waals surface area contributed by atoms with E-state index in [-0.39, 0.29) is 0 Å². The molecule has 2 heterocycles. The number of benzene rings is 1. The second-order valence-corrected chi connectivity index (χ2v) is 5.31. The van der Waals surface area contributed by atoms with Crippen molar-refractivity contribution in [3.8, 4) is 0 Å². The molecule has 0 radical (unpaired) electrons. The molecule has 1 aromatic carbocycles. The van der Waals surface area contributed by atoms with Gasteiger partial charge in [0.2, 0.25) is 0 Å². The summed E-state index contributed by atoms with van der Waals surface area (Å²) < 4.78 is 1.61. The largest absolute Gasteiger partial charge is 0.243 e. The molecule has 3 aromatic rings. The van der Waals surface area contributed by atoms with Crippen LogP contribution in [0.2, 0.25) is 10.0 Å². The van der Waals surface area contributed by atoms with E-state index in [0.717, 1.165) is 15.4 Å². The van der Waals surface area contributed by atoms with Gasteiger partial charge in [0.1, 0.15) is 12.7 Å². The van der Waals surface area contributed by atoms with Crippen molar-refractivity contribution in [2.75, 3.05) is 0 Å². The molecule has 0 saturated heterocycles. The highest BCUT2D eigenvalue weighted by Crippen LogP contribution is 2.37. The molecular formula is C11H6Cl2N4S. The SMILES string of the molecule is Clc1cccc(Sc2cncn3ncnc23)c1Cl. The van der Waals surface area contributed by atoms with E-state index in [1.165, 1.54) is 18.1 Å². The third-order valence-corrected chi connectivity index (χ3v) is 4.30. The topological polar surface area (TPSA) is 43.1 Å². The number of aromatic nitrogens is 4. The Balaban J connectivity index is 2.06. The Morgan fingerprint density at radius 3 is 2.94 bits per heavy atom. The highest BCUT2D eigenvalue weighted by molar-refractivity contribution is 7.99. The zero-order valence-corrected chi connectivity index (χ0v) is 11.2. The van der Waals surface area contributed by atoms with Gasteiger partial charge in [0.05, 0.1) is 14.9 Å². The van der Waals surface area contributed by atoms with Crippen molar-refractivity contribution in [1.82, 2.24) is 19.6 Å². The van der Waals surface area contributed by atoms with Crippen LogP contribution in [0.1, 0.15) is 0 Å². The van der Waals surface area contributed by atoms with E-state index < -0.39 is 0 Å². The molecule has 0 amide bonds. The van der Waals surface area contributed by atoms with Crippen LogP contribution >= 0.6 is 35.0 Å². The van der Waals surface area contributed by atoms with Gasteiger partial charge < -0.3 is 0 Å². The summed E-state index contributed by atoms with van der Waals surface area (Å²) in [5, 5.41) is 5.10. The minimum absolute atomic E-state index is 0.531. The van der Waals surface area contributed by atoms with Gasteiger partial charge in [-0.3, -0.25) is 0 Å². The summed E-state index contributed by atoms with van der Waals surface area (Å²) in [6, 6.07) is 5.51. The first-order valence-electron chi connectivity index (χ1n) is 5.01. The van der Waals surface area contributed by atoms with Crippen LogP contribution in [0.15, 0.2) is 46.8 Å². The molecule has 3 rings (SSSR count). The van der Waals surface area contributed by atoms with Gasteiger partial charge in [-0.15, -0.1) is 0 Å². The Bertz CT molecular complexity index is 713. The molecule has 0 bridgehead atoms. The van der Waals surface area contributed by atoms with Crippen LogP contribution in [0.4, 0.5) is 0 Å². The van der Waals surface area contributed by atoms with Crippen molar-refractivity contribution in [2.24, 2.45) is 0 Å². The molecule has 0 aliphatic heterocycles. The van der Waals surface area contributed by atoms with E-state index in [4.69, 9.17) is 23.2 Å². The van der Waals surface area contributed by atoms with Crippen LogP contribution in [-0.2, 0) is 0 Å². The summed E-state index contributed by atoms with van der Waals surface area (Å²) in [4.78, 5) is 10.0. The van der Waals surface area contributed by atoms with Gasteiger partial charge in [-0.2, -0.15) is 5.10 Å². The van der Waals surface area contributed by atoms with Gasteiger partial charge >= 0.3 is 0 Å². The summed E-state index contributed by atoms with van der Waals surface area (Å²) in [5.74, 6) is 0. The van der Waals surface area contributed by atoms with Gasteiger partial charge in [-0.05, 0) is 12.1 Å². The van der Waals surface area contributed by atoms with E-state index in [2.05, 4.69) is 15.1 Å². The third kappa shape index (κ3) is 2.05. The van der Waals surface area contributed by atoms with Gasteiger partial charge in [0.15, 0.2) is 5.65 Å². The molecule has 90 valence electrons. The van der Waals surface area contributed by atoms with E-state index in [9.17, 15) is 0 Å². The lowest BCUT2D eigenvalue weighted by atomic mass is 10.4. The Hall–Kier alpha value is -1.30. The summed E-state index contributed by atoms with van der Waals surface area (Å²) >= 11 is 13.6. The van der Waals surface area contributed by atoms with E-state index in [1.54, 1.807) is 23.1 Å². The Morgan fingerprint density at radius 1 is 1.17 bits per heavy atom. The first-order chi connectivity index (χ1) is 8.75. The molecule has 0 atom stereocenters. The van der Waals surface area contributed by atoms with Crippen LogP contribution < -0.4 is 0 Å². The van der Waals surface area contributed by atoms with E-state index in [0.29, 0.717) is 10.0 Å². The van der Waals surface area contributed by atoms with Crippen LogP contribution in [-0.4, -0.2) is 19.6 Å². The van der Waals surface area contributed by atoms with Crippen LogP contribution in [0.5, 0.6) is 0 Å². The van der Waals surface area contributed by atoms with Crippen molar-refractivity contribution < 1.29 is 0 Å². The summed E-state index contributed by atoms with van der Waals surface area (Å²) in [5.41, 5.74) is 0.742. The predicted octanol–water partition coefficient (Wildman–Crippen LogP) is 3.58. The second-order valence-electron chi connectivity index (χ2n) is 3.44. The zero-order valence-electron chi connectivity index (χ0n) is 8.92. The molecule has 0 N–H and O–H groups in total. The molecule has 0 aliphatic carbocycles. The maximum absolute atomic E-state index is 6.15. The predicted molar refractivity (Wildman–Crippen MR) is 71.4 cm³/mol. The highest BCUT2D eigenvalue weighted by atomic mass is 35.5. The number of nitrogens with zero attached hydrogens (tertiary/aromatic N) is 4. The van der Waals surface area contributed by atoms with Crippen molar-refractivity contribution in [1.29, 1.82) is 0 Å². The molecular weight excluding hydrogens is 291 g/mol. The third-order valence-electron chi connectivity index (χ3n) is 2.30. The molecule has 0 fully saturated rings. The van der Waals surface area contributed by atoms with Crippen molar-refractivity contribution in [2.45, 2.75) is 9.79 Å². The normalized spacial score (nSPS) is 11.0. The summed E-state index contributed by atoms with van der Waals surface area (Å²) in [6.07, 6.45) is 4.82. The van der Waals surface area contributed by atoms with Crippen LogP contribution in [0, 0.1) is 0 Å². The maximum Gasteiger partial charge on any atom is 0.172 e. The second kappa shape index (κ2) is 4.76. The summed E-state index contributed by atoms with van der Waals surface area (Å²) in [7, 11) is 0. The lowest BCUT2D eigenvalue weighted by Crippen LogP contribution is -1.91. The molecule has 4 nitrogen and oxygen atoms in total. The first-order valence-corrected chi connectivity index (χ1v) is 6.58. The maximum atomic E-state index is 6.15. The summed E-state index contributed by atoms with van der Waals surface area (Å²) in [6.45, 7) is 0. The van der Waals surface area contributed by atoms with Crippen molar-refractivity contribution >= 4 is 40.6 Å². The van der Waals surface area contributed by atoms with Crippen LogP contribution in [0.3, 0.4) is 0 Å². The zero-order chi connectivity index (χ0) is 12.5. The minimum atomic E-state index is 0.531. The van der Waals surface area contributed by atoms with Gasteiger partial charge in [-0.25, -0.2) is 14.5 Å². The number of hydrogen-bond donors (Lipinski definition) is 0. The average molecular weight is 297 g/mol. The minimum Gasteiger partial charge on any atom is -0.243 e. The Kier molecular flexibility index (Phi) is 3.11. The number of halogens is 2. The molecule has 2 aromatic heterocycles. The average Bonchev–Trinajstić information content (AvgIpc) is 2.84. The molecule has 0 saturated carbocycles. The van der Waals surface area contributed by atoms with E-state index >= 15 is 0 Å². The molecule has 0 unspecified atom stereocenters. The fraction of sp³-hybridized carbons (Fsp3) is 0. The van der Waals surface area contributed by atoms with E-state index in [1.807, 2.05) is 12.1 Å². The molecule has 0 spiro atoms. The molecule has 18 heavy (non-hydrogen) atoms. The van der Waals surface area contributed by atoms with Crippen molar-refractivity contribution in [3.05, 3.63) is 47.1 Å². The quantitative estimate of drug-likeness (QED) is 0.725. The molecule has 0 aliphatic rings. The Morgan fingerprint density at radius 2 is 2.06 bits per heavy atom. The number of rotatable bonds is 2. The molecule has 7 heteroatoms. The van der Waals surface area contributed by atoms with Gasteiger partial charge in [0.25, 0.3) is 0 Å². The fourth-order valence-corrected chi connectivity index (χ4v) is 2.89. The lowest BCUT2D eigenvalue weighted by molar-refractivity contribution is 0.904. The fourth-order valence-electron chi connectivity index (χ4n) is 1.49. The van der Waals surface area contributed by atoms with Gasteiger partial charge in [0, 0.05) is 11.1 Å². The first kappa shape index (κ1) is 11.8. The highest BCUT2D eigenvalue weighted by Gasteiger charge is 2.10. The number of fused-ring (bicyclic) bond motifs is 1. The smallest absolute Gasteiger partial charge is 0.172 e. The number of hydrogen-bond acceptors (Lipinski definition) is 4. The standard InChI is InChI=1S/C11H6Cl2N4S/c12-7-2-1-3-8(10(7)13)18-9-4-14-6-17-11(9)15-5-16-17/h1-6H. The Labute approximate surface area is 117 Å². The van der Waals surface area contributed by atoms with Crippen molar-refractivity contribution in [3.63, 3.8) is 0 Å². The van der Waals surface area contributed by atoms with Crippen LogP contribution in [0.25, 0.3) is 5.65 Å².